The van der Waals surface area contributed by atoms with Crippen molar-refractivity contribution in [2.75, 3.05) is 18.4 Å². The van der Waals surface area contributed by atoms with E-state index in [-0.39, 0.29) is 27.1 Å². The number of nitriles is 1. The first-order chi connectivity index (χ1) is 13.7. The first kappa shape index (κ1) is 19.3. The van der Waals surface area contributed by atoms with Crippen molar-refractivity contribution in [3.05, 3.63) is 51.5 Å². The zero-order valence-corrected chi connectivity index (χ0v) is 16.1. The molecule has 11 heteroatoms. The number of carbonyl (C=O) groups is 2. The van der Waals surface area contributed by atoms with Gasteiger partial charge in [0.2, 0.25) is 11.9 Å². The number of halogens is 4. The van der Waals surface area contributed by atoms with Crippen LogP contribution >= 0.6 is 15.9 Å². The maximum absolute atomic E-state index is 14.6. The highest BCUT2D eigenvalue weighted by Crippen LogP contribution is 2.64. The van der Waals surface area contributed by atoms with E-state index >= 15 is 0 Å². The number of carbonyl (C=O) groups excluding carboxylic acids is 2. The number of benzene rings is 1. The minimum absolute atomic E-state index is 0.00437. The number of amides is 2. The van der Waals surface area contributed by atoms with E-state index in [0.717, 1.165) is 4.90 Å². The normalized spacial score (nSPS) is 21.5. The third-order valence-electron chi connectivity index (χ3n) is 5.02. The summed E-state index contributed by atoms with van der Waals surface area (Å²) >= 11 is 2.97. The van der Waals surface area contributed by atoms with Crippen molar-refractivity contribution >= 4 is 33.7 Å². The smallest absolute Gasteiger partial charge is 0.260 e. The maximum Gasteiger partial charge on any atom is 0.260 e. The van der Waals surface area contributed by atoms with E-state index < -0.39 is 48.5 Å². The number of nitrogens with zero attached hydrogens (tertiary/aromatic N) is 4. The summed E-state index contributed by atoms with van der Waals surface area (Å²) in [4.78, 5) is 33.5. The van der Waals surface area contributed by atoms with Crippen LogP contribution in [-0.2, 0) is 10.2 Å². The lowest BCUT2D eigenvalue weighted by molar-refractivity contribution is -0.117. The van der Waals surface area contributed by atoms with E-state index in [2.05, 4.69) is 31.2 Å². The van der Waals surface area contributed by atoms with Gasteiger partial charge in [0.25, 0.3) is 11.8 Å². The third kappa shape index (κ3) is 3.04. The summed E-state index contributed by atoms with van der Waals surface area (Å²) in [5.74, 6) is -5.59. The molecule has 148 valence electrons. The predicted molar refractivity (Wildman–Crippen MR) is 96.6 cm³/mol. The van der Waals surface area contributed by atoms with Crippen LogP contribution in [0.1, 0.15) is 27.9 Å². The van der Waals surface area contributed by atoms with Crippen LogP contribution in [0.4, 0.5) is 19.1 Å². The highest BCUT2D eigenvalue weighted by Gasteiger charge is 2.75. The zero-order chi connectivity index (χ0) is 21.0. The van der Waals surface area contributed by atoms with Crippen LogP contribution in [0.25, 0.3) is 0 Å². The molecule has 1 fully saturated rings. The van der Waals surface area contributed by atoms with E-state index in [0.29, 0.717) is 0 Å². The van der Waals surface area contributed by atoms with E-state index in [1.54, 1.807) is 0 Å². The van der Waals surface area contributed by atoms with Crippen molar-refractivity contribution in [1.82, 2.24) is 14.9 Å². The van der Waals surface area contributed by atoms with Crippen molar-refractivity contribution < 1.29 is 22.8 Å². The minimum Gasteiger partial charge on any atom is -0.328 e. The molecule has 1 spiro atoms. The van der Waals surface area contributed by atoms with Crippen LogP contribution in [0.15, 0.2) is 29.0 Å². The molecule has 1 atom stereocenters. The largest absolute Gasteiger partial charge is 0.328 e. The fourth-order valence-electron chi connectivity index (χ4n) is 3.54. The van der Waals surface area contributed by atoms with Gasteiger partial charge in [-0.1, -0.05) is 0 Å². The van der Waals surface area contributed by atoms with Gasteiger partial charge in [0.15, 0.2) is 0 Å². The molecule has 1 aromatic carbocycles. The average molecular weight is 466 g/mol. The van der Waals surface area contributed by atoms with Gasteiger partial charge in [0.05, 0.1) is 27.8 Å². The van der Waals surface area contributed by atoms with Gasteiger partial charge in [-0.05, 0) is 28.1 Å². The fourth-order valence-corrected chi connectivity index (χ4v) is 3.87. The molecule has 2 aromatic rings. The molecule has 0 bridgehead atoms. The molecule has 1 saturated carbocycles. The molecule has 1 N–H and O–H groups in total. The minimum atomic E-state index is -3.19. The fraction of sp³-hybridized carbons (Fsp3) is 0.278. The quantitative estimate of drug-likeness (QED) is 0.750. The number of rotatable bonds is 3. The van der Waals surface area contributed by atoms with Crippen molar-refractivity contribution in [3.63, 3.8) is 0 Å². The molecular weight excluding hydrogens is 455 g/mol. The monoisotopic (exact) mass is 465 g/mol. The number of anilines is 1. The van der Waals surface area contributed by atoms with Crippen molar-refractivity contribution in [2.24, 2.45) is 0 Å². The third-order valence-corrected chi connectivity index (χ3v) is 5.63. The van der Waals surface area contributed by atoms with Gasteiger partial charge in [-0.15, -0.1) is 0 Å². The van der Waals surface area contributed by atoms with Gasteiger partial charge < -0.3 is 4.90 Å². The summed E-state index contributed by atoms with van der Waals surface area (Å²) in [6.45, 7) is -1.02. The number of alkyl halides is 2. The Labute approximate surface area is 170 Å². The Kier molecular flexibility index (Phi) is 4.34. The highest BCUT2D eigenvalue weighted by atomic mass is 79.9. The second-order valence-electron chi connectivity index (χ2n) is 6.86. The van der Waals surface area contributed by atoms with Crippen LogP contribution in [0.2, 0.25) is 0 Å². The van der Waals surface area contributed by atoms with Gasteiger partial charge in [-0.3, -0.25) is 14.9 Å². The Morgan fingerprint density at radius 3 is 2.59 bits per heavy atom. The van der Waals surface area contributed by atoms with E-state index in [1.165, 1.54) is 24.5 Å². The van der Waals surface area contributed by atoms with Crippen LogP contribution < -0.4 is 5.32 Å². The molecule has 4 rings (SSSR count). The van der Waals surface area contributed by atoms with Gasteiger partial charge in [-0.2, -0.15) is 5.26 Å². The van der Waals surface area contributed by atoms with E-state index in [1.807, 2.05) is 6.07 Å². The SMILES string of the molecule is N#Cc1cnc(NC(=O)CN2CC3(CC3(F)F)c3c(ccc(Br)c3F)C2=O)nc1. The lowest BCUT2D eigenvalue weighted by Crippen LogP contribution is -2.49. The molecule has 7 nitrogen and oxygen atoms in total. The molecule has 2 aliphatic rings. The molecule has 2 amide bonds. The Balaban J connectivity index is 1.59. The first-order valence-electron chi connectivity index (χ1n) is 8.36. The second kappa shape index (κ2) is 6.52. The second-order valence-corrected chi connectivity index (χ2v) is 7.72. The van der Waals surface area contributed by atoms with E-state index in [9.17, 15) is 22.8 Å². The maximum atomic E-state index is 14.6. The Morgan fingerprint density at radius 2 is 2.00 bits per heavy atom. The molecule has 1 aliphatic carbocycles. The molecule has 1 aliphatic heterocycles. The van der Waals surface area contributed by atoms with Crippen molar-refractivity contribution in [2.45, 2.75) is 17.8 Å². The molecule has 2 heterocycles. The van der Waals surface area contributed by atoms with Crippen LogP contribution in [0, 0.1) is 17.1 Å². The van der Waals surface area contributed by atoms with Gasteiger partial charge in [0, 0.05) is 24.1 Å². The topological polar surface area (TPSA) is 99.0 Å². The number of hydrogen-bond acceptors (Lipinski definition) is 5. The lowest BCUT2D eigenvalue weighted by atomic mass is 9.85. The van der Waals surface area contributed by atoms with Crippen LogP contribution in [0.3, 0.4) is 0 Å². The van der Waals surface area contributed by atoms with Gasteiger partial charge in [0.1, 0.15) is 18.4 Å². The summed E-state index contributed by atoms with van der Waals surface area (Å²) in [6.07, 6.45) is 1.79. The highest BCUT2D eigenvalue weighted by molar-refractivity contribution is 9.10. The lowest BCUT2D eigenvalue weighted by Gasteiger charge is -2.34. The van der Waals surface area contributed by atoms with Crippen molar-refractivity contribution in [3.8, 4) is 6.07 Å². The molecule has 0 radical (unpaired) electrons. The Hall–Kier alpha value is -3.00. The van der Waals surface area contributed by atoms with Crippen LogP contribution in [0.5, 0.6) is 0 Å². The Morgan fingerprint density at radius 1 is 1.34 bits per heavy atom. The first-order valence-corrected chi connectivity index (χ1v) is 9.15. The number of nitrogens with one attached hydrogen (secondary N) is 1. The van der Waals surface area contributed by atoms with Crippen molar-refractivity contribution in [1.29, 1.82) is 5.26 Å². The number of fused-ring (bicyclic) bond motifs is 2. The summed E-state index contributed by atoms with van der Waals surface area (Å²) < 4.78 is 43.1. The molecule has 1 unspecified atom stereocenters. The zero-order valence-electron chi connectivity index (χ0n) is 14.5. The summed E-state index contributed by atoms with van der Waals surface area (Å²) in [7, 11) is 0. The molecule has 1 aromatic heterocycles. The van der Waals surface area contributed by atoms with Crippen LogP contribution in [-0.4, -0.2) is 45.7 Å². The summed E-state index contributed by atoms with van der Waals surface area (Å²) in [6, 6.07) is 4.37. The molecule has 29 heavy (non-hydrogen) atoms. The summed E-state index contributed by atoms with van der Waals surface area (Å²) in [5.41, 5.74) is -2.16. The number of aromatic nitrogens is 2. The average Bonchev–Trinajstić information content (AvgIpc) is 3.22. The van der Waals surface area contributed by atoms with Gasteiger partial charge >= 0.3 is 0 Å². The Bertz CT molecular complexity index is 1090. The van der Waals surface area contributed by atoms with Gasteiger partial charge in [-0.25, -0.2) is 23.1 Å². The standard InChI is InChI=1S/C18H11BrF3N5O2/c19-11-2-1-10-13(14(11)20)17(7-18(17,21)22)8-27(15(10)29)6-12(28)26-16-24-4-9(3-23)5-25-16/h1-2,4-5H,6-8H2,(H,24,25,26,28). The predicted octanol–water partition coefficient (Wildman–Crippen LogP) is 2.62. The molecular formula is C18H11BrF3N5O2. The number of hydrogen-bond donors (Lipinski definition) is 1. The van der Waals surface area contributed by atoms with E-state index in [4.69, 9.17) is 5.26 Å². The summed E-state index contributed by atoms with van der Waals surface area (Å²) in [5, 5.41) is 11.1. The molecule has 0 saturated heterocycles.